The number of hydrogen-bond acceptors (Lipinski definition) is 7. The number of halogens is 2. The van der Waals surface area contributed by atoms with Crippen molar-refractivity contribution in [1.82, 2.24) is 0 Å². The highest BCUT2D eigenvalue weighted by molar-refractivity contribution is 7.99. The van der Waals surface area contributed by atoms with Crippen LogP contribution >= 0.6 is 35.1 Å². The topological polar surface area (TPSA) is 72.8 Å². The van der Waals surface area contributed by atoms with Crippen LogP contribution in [0.3, 0.4) is 0 Å². The molecule has 0 radical (unpaired) electrons. The molecule has 40 heavy (non-hydrogen) atoms. The van der Waals surface area contributed by atoms with Gasteiger partial charge in [-0.15, -0.1) is 11.8 Å². The smallest absolute Gasteiger partial charge is 0.264 e. The molecule has 204 valence electrons. The summed E-state index contributed by atoms with van der Waals surface area (Å²) in [6.45, 7) is 0. The maximum absolute atomic E-state index is 13.2. The van der Waals surface area contributed by atoms with E-state index < -0.39 is 22.9 Å². The van der Waals surface area contributed by atoms with Crippen LogP contribution < -0.4 is 0 Å². The summed E-state index contributed by atoms with van der Waals surface area (Å²) in [5, 5.41) is 4.34. The lowest BCUT2D eigenvalue weighted by molar-refractivity contribution is 0.103. The van der Waals surface area contributed by atoms with E-state index in [2.05, 4.69) is 9.44 Å². The average molecular weight is 612 g/mol. The van der Waals surface area contributed by atoms with Gasteiger partial charge < -0.3 is 0 Å². The molecule has 0 amide bonds. The first-order chi connectivity index (χ1) is 19.4. The monoisotopic (exact) mass is 611 g/mol. The van der Waals surface area contributed by atoms with Crippen LogP contribution in [0.15, 0.2) is 123 Å². The molecule has 0 aliphatic rings. The highest BCUT2D eigenvalue weighted by atomic mass is 35.5. The van der Waals surface area contributed by atoms with Crippen molar-refractivity contribution in [2.45, 2.75) is 21.1 Å². The normalized spacial score (nSPS) is 12.1. The lowest BCUT2D eigenvalue weighted by Gasteiger charge is -2.08. The number of Topliss-reactive ketones (excluding diaryl/α,β-unsaturated/α-hetero) is 1. The van der Waals surface area contributed by atoms with Crippen molar-refractivity contribution in [2.75, 3.05) is 11.8 Å². The maximum Gasteiger partial charge on any atom is 0.264 e. The number of rotatable bonds is 13. The first-order valence-corrected chi connectivity index (χ1v) is 15.4. The second kappa shape index (κ2) is 14.9. The molecule has 0 bridgehead atoms. The Balaban J connectivity index is 1.40. The summed E-state index contributed by atoms with van der Waals surface area (Å²) >= 11 is 6.65. The zero-order valence-electron chi connectivity index (χ0n) is 21.0. The van der Waals surface area contributed by atoms with Crippen molar-refractivity contribution in [3.05, 3.63) is 125 Å². The quantitative estimate of drug-likeness (QED) is 0.0659. The van der Waals surface area contributed by atoms with Crippen LogP contribution in [0.4, 0.5) is 4.39 Å². The van der Waals surface area contributed by atoms with Crippen LogP contribution in [0.5, 0.6) is 0 Å². The van der Waals surface area contributed by atoms with Crippen molar-refractivity contribution in [3.8, 4) is 0 Å². The van der Waals surface area contributed by atoms with Crippen LogP contribution in [-0.4, -0.2) is 33.2 Å². The van der Waals surface area contributed by atoms with E-state index in [1.165, 1.54) is 23.5 Å². The van der Waals surface area contributed by atoms with Crippen LogP contribution in [0, 0.1) is 0 Å². The second-order valence-corrected chi connectivity index (χ2v) is 12.0. The molecule has 0 aliphatic carbocycles. The summed E-state index contributed by atoms with van der Waals surface area (Å²) in [5.74, 6) is 0.0606. The van der Waals surface area contributed by atoms with Gasteiger partial charge in [0.05, 0.1) is 0 Å². The Morgan fingerprint density at radius 3 is 1.93 bits per heavy atom. The highest BCUT2D eigenvalue weighted by Crippen LogP contribution is 2.29. The minimum absolute atomic E-state index is 0.0385. The van der Waals surface area contributed by atoms with E-state index in [-0.39, 0.29) is 17.9 Å². The fourth-order valence-corrected chi connectivity index (χ4v) is 5.53. The molecule has 0 N–H and O–H groups in total. The summed E-state index contributed by atoms with van der Waals surface area (Å²) < 4.78 is 28.7. The first kappa shape index (κ1) is 29.7. The zero-order chi connectivity index (χ0) is 28.3. The SMILES string of the molecule is O=C(/C(CCSc1ccc(Cl)cc1)=N/OS(=O)CF)c1ccc(Sc2ccc(C(=O)c3ccccc3)cc2)cc1. The Kier molecular flexibility index (Phi) is 11.1. The van der Waals surface area contributed by atoms with Crippen molar-refractivity contribution >= 4 is 63.5 Å². The molecule has 5 nitrogen and oxygen atoms in total. The number of alkyl halides is 1. The number of carbonyl (C=O) groups is 2. The molecular formula is C30H23ClFNO4S3. The van der Waals surface area contributed by atoms with Crippen molar-refractivity contribution in [3.63, 3.8) is 0 Å². The fourth-order valence-electron chi connectivity index (χ4n) is 3.51. The number of nitrogens with zero attached hydrogens (tertiary/aromatic N) is 1. The van der Waals surface area contributed by atoms with Gasteiger partial charge >= 0.3 is 0 Å². The van der Waals surface area contributed by atoms with E-state index >= 15 is 0 Å². The number of benzene rings is 4. The van der Waals surface area contributed by atoms with Crippen LogP contribution in [-0.2, 0) is 15.4 Å². The van der Waals surface area contributed by atoms with Crippen molar-refractivity contribution in [1.29, 1.82) is 0 Å². The zero-order valence-corrected chi connectivity index (χ0v) is 24.2. The van der Waals surface area contributed by atoms with Crippen LogP contribution in [0.1, 0.15) is 32.7 Å². The fraction of sp³-hybridized carbons (Fsp3) is 0.100. The lowest BCUT2D eigenvalue weighted by Crippen LogP contribution is -2.16. The molecule has 4 rings (SSSR count). The molecule has 1 unspecified atom stereocenters. The van der Waals surface area contributed by atoms with E-state index in [1.807, 2.05) is 54.6 Å². The Bertz CT molecular complexity index is 1500. The largest absolute Gasteiger partial charge is 0.289 e. The molecule has 0 aliphatic heterocycles. The maximum atomic E-state index is 13.2. The van der Waals surface area contributed by atoms with Gasteiger partial charge in [-0.2, -0.15) is 0 Å². The summed E-state index contributed by atoms with van der Waals surface area (Å²) in [6.07, 6.45) is 0.222. The number of thioether (sulfide) groups is 1. The van der Waals surface area contributed by atoms with Crippen LogP contribution in [0.25, 0.3) is 0 Å². The van der Waals surface area contributed by atoms with E-state index in [4.69, 9.17) is 11.6 Å². The van der Waals surface area contributed by atoms with E-state index in [0.29, 0.717) is 27.5 Å². The summed E-state index contributed by atoms with van der Waals surface area (Å²) in [5.41, 5.74) is 1.66. The number of carbonyl (C=O) groups excluding carboxylic acids is 2. The van der Waals surface area contributed by atoms with Gasteiger partial charge in [-0.05, 0) is 72.8 Å². The standard InChI is InChI=1S/C30H23ClFNO4S3/c31-24-10-16-25(17-11-24)38-19-18-28(33-37-40(36)20-32)30(35)23-8-14-27(15-9-23)39-26-12-6-22(7-13-26)29(34)21-4-2-1-3-5-21/h1-17H,18-20H2/b33-28+. The Labute approximate surface area is 247 Å². The summed E-state index contributed by atoms with van der Waals surface area (Å²) in [6, 6.07) is 29.5. The highest BCUT2D eigenvalue weighted by Gasteiger charge is 2.17. The first-order valence-electron chi connectivity index (χ1n) is 12.0. The van der Waals surface area contributed by atoms with Gasteiger partial charge in [0.1, 0.15) is 5.71 Å². The predicted octanol–water partition coefficient (Wildman–Crippen LogP) is 8.05. The van der Waals surface area contributed by atoms with Gasteiger partial charge in [-0.1, -0.05) is 58.9 Å². The minimum atomic E-state index is -2.26. The second-order valence-electron chi connectivity index (χ2n) is 8.25. The molecule has 0 saturated heterocycles. The lowest BCUT2D eigenvalue weighted by atomic mass is 10.0. The molecule has 1 atom stereocenters. The predicted molar refractivity (Wildman–Crippen MR) is 161 cm³/mol. The molecule has 10 heteroatoms. The van der Waals surface area contributed by atoms with Gasteiger partial charge in [-0.25, -0.2) is 8.60 Å². The molecular weight excluding hydrogens is 589 g/mol. The van der Waals surface area contributed by atoms with Gasteiger partial charge in [0.25, 0.3) is 11.1 Å². The van der Waals surface area contributed by atoms with Gasteiger partial charge in [0.2, 0.25) is 11.8 Å². The van der Waals surface area contributed by atoms with E-state index in [9.17, 15) is 18.2 Å². The van der Waals surface area contributed by atoms with Gasteiger partial charge in [0.15, 0.2) is 5.78 Å². The Morgan fingerprint density at radius 1 is 0.775 bits per heavy atom. The van der Waals surface area contributed by atoms with Gasteiger partial charge in [-0.3, -0.25) is 13.9 Å². The average Bonchev–Trinajstić information content (AvgIpc) is 3.00. The minimum Gasteiger partial charge on any atom is -0.289 e. The van der Waals surface area contributed by atoms with Gasteiger partial charge in [0, 0.05) is 48.6 Å². The number of oxime groups is 1. The Morgan fingerprint density at radius 2 is 1.32 bits per heavy atom. The molecule has 0 heterocycles. The third-order valence-electron chi connectivity index (χ3n) is 5.51. The van der Waals surface area contributed by atoms with Crippen LogP contribution in [0.2, 0.25) is 5.02 Å². The van der Waals surface area contributed by atoms with Crippen molar-refractivity contribution < 1.29 is 22.5 Å². The summed E-state index contributed by atoms with van der Waals surface area (Å²) in [4.78, 5) is 28.6. The number of hydrogen-bond donors (Lipinski definition) is 0. The number of ketones is 2. The molecule has 0 spiro atoms. The summed E-state index contributed by atoms with van der Waals surface area (Å²) in [7, 11) is 0. The molecule has 0 aromatic heterocycles. The third kappa shape index (κ3) is 8.63. The molecule has 4 aromatic rings. The molecule has 0 fully saturated rings. The Hall–Kier alpha value is -3.24. The third-order valence-corrected chi connectivity index (χ3v) is 8.21. The molecule has 4 aromatic carbocycles. The van der Waals surface area contributed by atoms with E-state index in [0.717, 1.165) is 14.7 Å². The van der Waals surface area contributed by atoms with E-state index in [1.54, 1.807) is 48.5 Å². The van der Waals surface area contributed by atoms with Crippen molar-refractivity contribution in [2.24, 2.45) is 5.16 Å². The molecule has 0 saturated carbocycles.